The monoisotopic (exact) mass is 378 g/mol. The van der Waals surface area contributed by atoms with Crippen LogP contribution in [0.2, 0.25) is 0 Å². The Labute approximate surface area is 165 Å². The molecular weight excluding hydrogens is 352 g/mol. The van der Waals surface area contributed by atoms with E-state index in [1.165, 1.54) is 0 Å². The van der Waals surface area contributed by atoms with Gasteiger partial charge in [-0.15, -0.1) is 0 Å². The highest BCUT2D eigenvalue weighted by molar-refractivity contribution is 6.05. The van der Waals surface area contributed by atoms with E-state index in [0.717, 1.165) is 29.3 Å². The lowest BCUT2D eigenvalue weighted by Gasteiger charge is -2.21. The Balaban J connectivity index is 1.70. The maximum absolute atomic E-state index is 12.7. The van der Waals surface area contributed by atoms with Gasteiger partial charge in [-0.05, 0) is 25.0 Å². The highest BCUT2D eigenvalue weighted by Crippen LogP contribution is 2.22. The smallest absolute Gasteiger partial charge is 0.341 e. The number of hydrogen-bond donors (Lipinski definition) is 1. The summed E-state index contributed by atoms with van der Waals surface area (Å²) in [5.74, 6) is -0.790. The quantitative estimate of drug-likeness (QED) is 0.621. The number of carbonyl (C=O) groups excluding carboxylic acids is 2. The first-order valence-corrected chi connectivity index (χ1v) is 9.61. The van der Waals surface area contributed by atoms with Crippen molar-refractivity contribution in [1.29, 1.82) is 0 Å². The van der Waals surface area contributed by atoms with Crippen LogP contribution in [-0.2, 0) is 16.6 Å². The molecule has 1 amide bonds. The highest BCUT2D eigenvalue weighted by atomic mass is 16.5. The molecule has 146 valence electrons. The van der Waals surface area contributed by atoms with Crippen molar-refractivity contribution in [3.8, 4) is 0 Å². The van der Waals surface area contributed by atoms with Crippen LogP contribution >= 0.6 is 0 Å². The molecule has 0 spiro atoms. The second kappa shape index (κ2) is 8.74. The Morgan fingerprint density at radius 3 is 2.46 bits per heavy atom. The highest BCUT2D eigenvalue weighted by Gasteiger charge is 2.24. The minimum Gasteiger partial charge on any atom is -0.449 e. The first-order chi connectivity index (χ1) is 13.5. The zero-order valence-electron chi connectivity index (χ0n) is 16.5. The Kier molecular flexibility index (Phi) is 6.14. The van der Waals surface area contributed by atoms with Gasteiger partial charge in [0.15, 0.2) is 6.10 Å². The summed E-state index contributed by atoms with van der Waals surface area (Å²) in [7, 11) is 1.88. The predicted molar refractivity (Wildman–Crippen MR) is 110 cm³/mol. The summed E-state index contributed by atoms with van der Waals surface area (Å²) in [4.78, 5) is 25.3. The number of nitrogens with zero attached hydrogens (tertiary/aromatic N) is 1. The third-order valence-electron chi connectivity index (χ3n) is 4.87. The molecule has 1 aromatic heterocycles. The van der Waals surface area contributed by atoms with Crippen molar-refractivity contribution in [2.24, 2.45) is 7.05 Å². The van der Waals surface area contributed by atoms with Crippen LogP contribution in [0.3, 0.4) is 0 Å². The molecular formula is C23H26N2O3. The molecule has 0 bridgehead atoms. The number of benzene rings is 2. The third kappa shape index (κ3) is 4.25. The number of esters is 1. The molecule has 0 fully saturated rings. The van der Waals surface area contributed by atoms with Gasteiger partial charge in [0.25, 0.3) is 5.91 Å². The largest absolute Gasteiger partial charge is 0.449 e. The molecule has 0 saturated carbocycles. The fourth-order valence-corrected chi connectivity index (χ4v) is 3.37. The fourth-order valence-electron chi connectivity index (χ4n) is 3.37. The lowest BCUT2D eigenvalue weighted by atomic mass is 10.0. The molecule has 5 heteroatoms. The summed E-state index contributed by atoms with van der Waals surface area (Å²) < 4.78 is 7.35. The zero-order chi connectivity index (χ0) is 20.1. The number of carbonyl (C=O) groups is 2. The van der Waals surface area contributed by atoms with Gasteiger partial charge in [0.05, 0.1) is 11.6 Å². The van der Waals surface area contributed by atoms with Gasteiger partial charge in [-0.2, -0.15) is 0 Å². The molecule has 0 saturated heterocycles. The SMILES string of the molecule is CCC[C@H](NC(=O)[C@H](C)OC(=O)c1cn(C)c2ccccc12)c1ccccc1. The summed E-state index contributed by atoms with van der Waals surface area (Å²) >= 11 is 0. The molecule has 28 heavy (non-hydrogen) atoms. The third-order valence-corrected chi connectivity index (χ3v) is 4.87. The van der Waals surface area contributed by atoms with Crippen molar-refractivity contribution in [3.05, 3.63) is 71.9 Å². The normalized spacial score (nSPS) is 13.1. The Morgan fingerprint density at radius 2 is 1.75 bits per heavy atom. The van der Waals surface area contributed by atoms with Crippen LogP contribution in [0, 0.1) is 0 Å². The maximum Gasteiger partial charge on any atom is 0.341 e. The van der Waals surface area contributed by atoms with Crippen LogP contribution < -0.4 is 5.32 Å². The molecule has 0 aliphatic rings. The molecule has 3 aromatic rings. The number of nitrogens with one attached hydrogen (secondary N) is 1. The molecule has 0 aliphatic carbocycles. The molecule has 2 atom stereocenters. The molecule has 0 aliphatic heterocycles. The van der Waals surface area contributed by atoms with Crippen LogP contribution in [0.4, 0.5) is 0 Å². The van der Waals surface area contributed by atoms with E-state index in [0.29, 0.717) is 5.56 Å². The molecule has 0 unspecified atom stereocenters. The summed E-state index contributed by atoms with van der Waals surface area (Å²) in [5.41, 5.74) is 2.45. The summed E-state index contributed by atoms with van der Waals surface area (Å²) in [5, 5.41) is 3.83. The van der Waals surface area contributed by atoms with Crippen LogP contribution in [0.25, 0.3) is 10.9 Å². The maximum atomic E-state index is 12.7. The number of hydrogen-bond acceptors (Lipinski definition) is 3. The van der Waals surface area contributed by atoms with E-state index >= 15 is 0 Å². The lowest BCUT2D eigenvalue weighted by Crippen LogP contribution is -2.38. The van der Waals surface area contributed by atoms with Crippen molar-refractivity contribution < 1.29 is 14.3 Å². The zero-order valence-corrected chi connectivity index (χ0v) is 16.5. The molecule has 1 N–H and O–H groups in total. The van der Waals surface area contributed by atoms with Gasteiger partial charge in [-0.3, -0.25) is 4.79 Å². The summed E-state index contributed by atoms with van der Waals surface area (Å²) in [6.07, 6.45) is 2.61. The van der Waals surface area contributed by atoms with E-state index in [1.54, 1.807) is 13.1 Å². The fraction of sp³-hybridized carbons (Fsp3) is 0.304. The first kappa shape index (κ1) is 19.7. The Hall–Kier alpha value is -3.08. The van der Waals surface area contributed by atoms with Crippen molar-refractivity contribution in [3.63, 3.8) is 0 Å². The Bertz CT molecular complexity index is 962. The number of fused-ring (bicyclic) bond motifs is 1. The number of para-hydroxylation sites is 1. The molecule has 0 radical (unpaired) electrons. The molecule has 1 heterocycles. The number of aryl methyl sites for hydroxylation is 1. The average Bonchev–Trinajstić information content (AvgIpc) is 3.05. The topological polar surface area (TPSA) is 60.3 Å². The number of aromatic nitrogens is 1. The number of rotatable bonds is 7. The minimum atomic E-state index is -0.880. The van der Waals surface area contributed by atoms with Crippen LogP contribution in [0.1, 0.15) is 48.7 Å². The summed E-state index contributed by atoms with van der Waals surface area (Å²) in [6.45, 7) is 3.68. The van der Waals surface area contributed by atoms with E-state index in [1.807, 2.05) is 66.2 Å². The van der Waals surface area contributed by atoms with Crippen molar-refractivity contribution in [2.45, 2.75) is 38.8 Å². The summed E-state index contributed by atoms with van der Waals surface area (Å²) in [6, 6.07) is 17.4. The minimum absolute atomic E-state index is 0.0996. The number of ether oxygens (including phenoxy) is 1. The van der Waals surface area contributed by atoms with E-state index in [-0.39, 0.29) is 11.9 Å². The van der Waals surface area contributed by atoms with Gasteiger partial charge >= 0.3 is 5.97 Å². The Morgan fingerprint density at radius 1 is 1.07 bits per heavy atom. The van der Waals surface area contributed by atoms with Crippen molar-refractivity contribution >= 4 is 22.8 Å². The number of amides is 1. The van der Waals surface area contributed by atoms with Gasteiger partial charge in [0.1, 0.15) is 0 Å². The average molecular weight is 378 g/mol. The van der Waals surface area contributed by atoms with Crippen LogP contribution in [0.15, 0.2) is 60.8 Å². The second-order valence-electron chi connectivity index (χ2n) is 6.98. The van der Waals surface area contributed by atoms with E-state index in [2.05, 4.69) is 12.2 Å². The van der Waals surface area contributed by atoms with Gasteiger partial charge in [-0.1, -0.05) is 61.9 Å². The van der Waals surface area contributed by atoms with Gasteiger partial charge in [0.2, 0.25) is 0 Å². The van der Waals surface area contributed by atoms with Crippen LogP contribution in [0.5, 0.6) is 0 Å². The standard InChI is InChI=1S/C23H26N2O3/c1-4-10-20(17-11-6-5-7-12-17)24-22(26)16(2)28-23(27)19-15-25(3)21-14-9-8-13-18(19)21/h5-9,11-16,20H,4,10H2,1-3H3,(H,24,26)/t16-,20-/m0/s1. The van der Waals surface area contributed by atoms with Gasteiger partial charge in [0, 0.05) is 24.1 Å². The van der Waals surface area contributed by atoms with Crippen LogP contribution in [-0.4, -0.2) is 22.5 Å². The molecule has 3 rings (SSSR count). The van der Waals surface area contributed by atoms with Crippen molar-refractivity contribution in [1.82, 2.24) is 9.88 Å². The van der Waals surface area contributed by atoms with E-state index < -0.39 is 12.1 Å². The first-order valence-electron chi connectivity index (χ1n) is 9.61. The molecule has 2 aromatic carbocycles. The molecule has 5 nitrogen and oxygen atoms in total. The van der Waals surface area contributed by atoms with E-state index in [9.17, 15) is 9.59 Å². The van der Waals surface area contributed by atoms with Gasteiger partial charge < -0.3 is 14.6 Å². The van der Waals surface area contributed by atoms with Gasteiger partial charge in [-0.25, -0.2) is 4.79 Å². The lowest BCUT2D eigenvalue weighted by molar-refractivity contribution is -0.129. The van der Waals surface area contributed by atoms with E-state index in [4.69, 9.17) is 4.74 Å². The second-order valence-corrected chi connectivity index (χ2v) is 6.98. The predicted octanol–water partition coefficient (Wildman–Crippen LogP) is 4.38. The van der Waals surface area contributed by atoms with Crippen molar-refractivity contribution in [2.75, 3.05) is 0 Å².